The first-order chi connectivity index (χ1) is 13.4. The summed E-state index contributed by atoms with van der Waals surface area (Å²) in [5.41, 5.74) is 6.58. The number of rotatable bonds is 6. The topological polar surface area (TPSA) is 75.9 Å². The van der Waals surface area contributed by atoms with Crippen molar-refractivity contribution in [1.82, 2.24) is 9.80 Å². The number of primary amides is 1. The highest BCUT2D eigenvalue weighted by Gasteiger charge is 2.22. The lowest BCUT2D eigenvalue weighted by atomic mass is 10.2. The summed E-state index contributed by atoms with van der Waals surface area (Å²) in [4.78, 5) is 27.6. The number of piperazine rings is 1. The fourth-order valence-corrected chi connectivity index (χ4v) is 3.42. The zero-order valence-corrected chi connectivity index (χ0v) is 16.7. The molecule has 0 unspecified atom stereocenters. The smallest absolute Gasteiger partial charge is 0.260 e. The van der Waals surface area contributed by atoms with Crippen molar-refractivity contribution in [3.63, 3.8) is 0 Å². The molecule has 1 heterocycles. The molecular formula is C20H21Cl2N3O3. The molecule has 2 aromatic rings. The van der Waals surface area contributed by atoms with Crippen LogP contribution >= 0.6 is 23.2 Å². The van der Waals surface area contributed by atoms with E-state index in [4.69, 9.17) is 33.7 Å². The van der Waals surface area contributed by atoms with Gasteiger partial charge < -0.3 is 15.4 Å². The van der Waals surface area contributed by atoms with Crippen LogP contribution in [0, 0.1) is 0 Å². The normalized spacial score (nSPS) is 14.7. The predicted octanol–water partition coefficient (Wildman–Crippen LogP) is 2.82. The molecule has 0 aromatic heterocycles. The molecule has 2 aromatic carbocycles. The zero-order chi connectivity index (χ0) is 20.1. The maximum absolute atomic E-state index is 12.4. The van der Waals surface area contributed by atoms with Crippen molar-refractivity contribution in [1.29, 1.82) is 0 Å². The van der Waals surface area contributed by atoms with Crippen LogP contribution in [-0.4, -0.2) is 54.4 Å². The van der Waals surface area contributed by atoms with Crippen LogP contribution in [-0.2, 0) is 11.3 Å². The Bertz CT molecular complexity index is 868. The van der Waals surface area contributed by atoms with Crippen LogP contribution in [0.25, 0.3) is 0 Å². The maximum Gasteiger partial charge on any atom is 0.260 e. The quantitative estimate of drug-likeness (QED) is 0.777. The largest absolute Gasteiger partial charge is 0.484 e. The van der Waals surface area contributed by atoms with Crippen molar-refractivity contribution >= 4 is 35.0 Å². The molecule has 1 aliphatic rings. The first-order valence-electron chi connectivity index (χ1n) is 8.89. The summed E-state index contributed by atoms with van der Waals surface area (Å²) >= 11 is 12.3. The van der Waals surface area contributed by atoms with Crippen LogP contribution in [0.15, 0.2) is 42.5 Å². The second-order valence-corrected chi connectivity index (χ2v) is 7.34. The summed E-state index contributed by atoms with van der Waals surface area (Å²) in [5.74, 6) is -0.184. The number of amides is 2. The molecule has 2 N–H and O–H groups in total. The zero-order valence-electron chi connectivity index (χ0n) is 15.2. The second-order valence-electron chi connectivity index (χ2n) is 6.55. The van der Waals surface area contributed by atoms with Crippen LogP contribution in [0.2, 0.25) is 10.0 Å². The van der Waals surface area contributed by atoms with E-state index in [0.29, 0.717) is 41.0 Å². The van der Waals surface area contributed by atoms with E-state index in [2.05, 4.69) is 4.90 Å². The summed E-state index contributed by atoms with van der Waals surface area (Å²) in [7, 11) is 0. The molecular weight excluding hydrogens is 401 g/mol. The van der Waals surface area contributed by atoms with Gasteiger partial charge in [0.05, 0.1) is 10.0 Å². The van der Waals surface area contributed by atoms with Crippen LogP contribution in [0.5, 0.6) is 5.75 Å². The summed E-state index contributed by atoms with van der Waals surface area (Å²) < 4.78 is 5.52. The van der Waals surface area contributed by atoms with E-state index in [1.807, 2.05) is 12.1 Å². The molecule has 28 heavy (non-hydrogen) atoms. The van der Waals surface area contributed by atoms with Gasteiger partial charge >= 0.3 is 0 Å². The van der Waals surface area contributed by atoms with Crippen molar-refractivity contribution in [2.24, 2.45) is 5.73 Å². The number of nitrogens with zero attached hydrogens (tertiary/aromatic N) is 2. The molecule has 0 bridgehead atoms. The summed E-state index contributed by atoms with van der Waals surface area (Å²) in [6.07, 6.45) is 0. The molecule has 8 heteroatoms. The number of nitrogens with two attached hydrogens (primary N) is 1. The summed E-state index contributed by atoms with van der Waals surface area (Å²) in [5, 5.41) is 1.12. The number of hydrogen-bond donors (Lipinski definition) is 1. The van der Waals surface area contributed by atoms with Gasteiger partial charge in [-0.2, -0.15) is 0 Å². The van der Waals surface area contributed by atoms with Crippen molar-refractivity contribution in [2.45, 2.75) is 6.54 Å². The van der Waals surface area contributed by atoms with Crippen molar-refractivity contribution in [2.75, 3.05) is 32.8 Å². The van der Waals surface area contributed by atoms with Gasteiger partial charge in [0.1, 0.15) is 5.75 Å². The fraction of sp³-hybridized carbons (Fsp3) is 0.300. The Morgan fingerprint density at radius 3 is 2.46 bits per heavy atom. The van der Waals surface area contributed by atoms with Gasteiger partial charge in [-0.15, -0.1) is 0 Å². The summed E-state index contributed by atoms with van der Waals surface area (Å²) in [6.45, 7) is 3.32. The van der Waals surface area contributed by atoms with E-state index in [1.165, 1.54) is 6.07 Å². The van der Waals surface area contributed by atoms with Gasteiger partial charge in [-0.05, 0) is 29.8 Å². The van der Waals surface area contributed by atoms with Gasteiger partial charge in [-0.1, -0.05) is 41.4 Å². The molecule has 0 saturated carbocycles. The van der Waals surface area contributed by atoms with Gasteiger partial charge in [0.25, 0.3) is 5.91 Å². The number of carbonyl (C=O) groups excluding carboxylic acids is 2. The highest BCUT2D eigenvalue weighted by atomic mass is 35.5. The van der Waals surface area contributed by atoms with Gasteiger partial charge in [-0.25, -0.2) is 0 Å². The Morgan fingerprint density at radius 1 is 1.04 bits per heavy atom. The third-order valence-electron chi connectivity index (χ3n) is 4.63. The molecule has 3 rings (SSSR count). The van der Waals surface area contributed by atoms with E-state index < -0.39 is 5.91 Å². The average molecular weight is 422 g/mol. The van der Waals surface area contributed by atoms with Crippen LogP contribution in [0.3, 0.4) is 0 Å². The Hall–Kier alpha value is -2.28. The van der Waals surface area contributed by atoms with E-state index in [-0.39, 0.29) is 12.5 Å². The number of hydrogen-bond acceptors (Lipinski definition) is 4. The van der Waals surface area contributed by atoms with Crippen molar-refractivity contribution in [3.05, 3.63) is 63.6 Å². The van der Waals surface area contributed by atoms with E-state index in [1.54, 1.807) is 29.2 Å². The molecule has 1 fully saturated rings. The first kappa shape index (κ1) is 20.5. The SMILES string of the molecule is NC(=O)c1cccc(OCC(=O)N2CCN(Cc3cccc(Cl)c3Cl)CC2)c1. The maximum atomic E-state index is 12.4. The highest BCUT2D eigenvalue weighted by Crippen LogP contribution is 2.26. The van der Waals surface area contributed by atoms with Gasteiger partial charge in [0.2, 0.25) is 5.91 Å². The Labute approximate surface area is 173 Å². The lowest BCUT2D eigenvalue weighted by Gasteiger charge is -2.34. The van der Waals surface area contributed by atoms with E-state index in [0.717, 1.165) is 18.7 Å². The minimum absolute atomic E-state index is 0.0810. The molecule has 0 radical (unpaired) electrons. The molecule has 148 valence electrons. The fourth-order valence-electron chi connectivity index (χ4n) is 3.04. The third-order valence-corrected chi connectivity index (χ3v) is 5.49. The van der Waals surface area contributed by atoms with Crippen LogP contribution in [0.1, 0.15) is 15.9 Å². The number of benzene rings is 2. The van der Waals surface area contributed by atoms with Gasteiger partial charge in [0, 0.05) is 38.3 Å². The lowest BCUT2D eigenvalue weighted by Crippen LogP contribution is -2.49. The third kappa shape index (κ3) is 5.16. The minimum Gasteiger partial charge on any atom is -0.484 e. The predicted molar refractivity (Wildman–Crippen MR) is 109 cm³/mol. The second kappa shape index (κ2) is 9.28. The average Bonchev–Trinajstić information content (AvgIpc) is 2.70. The molecule has 1 aliphatic heterocycles. The molecule has 2 amide bonds. The van der Waals surface area contributed by atoms with Crippen LogP contribution in [0.4, 0.5) is 0 Å². The minimum atomic E-state index is -0.535. The van der Waals surface area contributed by atoms with E-state index >= 15 is 0 Å². The van der Waals surface area contributed by atoms with Gasteiger partial charge in [-0.3, -0.25) is 14.5 Å². The lowest BCUT2D eigenvalue weighted by molar-refractivity contribution is -0.135. The highest BCUT2D eigenvalue weighted by molar-refractivity contribution is 6.42. The number of ether oxygens (including phenoxy) is 1. The monoisotopic (exact) mass is 421 g/mol. The molecule has 1 saturated heterocycles. The standard InChI is InChI=1S/C20H21Cl2N3O3/c21-17-6-2-4-15(19(17)22)12-24-7-9-25(10-8-24)18(26)13-28-16-5-1-3-14(11-16)20(23)27/h1-6,11H,7-10,12-13H2,(H2,23,27). The Morgan fingerprint density at radius 2 is 1.75 bits per heavy atom. The number of halogens is 2. The van der Waals surface area contributed by atoms with Crippen molar-refractivity contribution < 1.29 is 14.3 Å². The Kier molecular flexibility index (Phi) is 6.78. The number of carbonyl (C=O) groups is 2. The molecule has 0 spiro atoms. The van der Waals surface area contributed by atoms with E-state index in [9.17, 15) is 9.59 Å². The molecule has 0 aliphatic carbocycles. The van der Waals surface area contributed by atoms with Crippen molar-refractivity contribution in [3.8, 4) is 5.75 Å². The van der Waals surface area contributed by atoms with Gasteiger partial charge in [0.15, 0.2) is 6.61 Å². The van der Waals surface area contributed by atoms with Crippen LogP contribution < -0.4 is 10.5 Å². The first-order valence-corrected chi connectivity index (χ1v) is 9.65. The summed E-state index contributed by atoms with van der Waals surface area (Å²) in [6, 6.07) is 12.1. The Balaban J connectivity index is 1.48. The molecule has 0 atom stereocenters. The molecule has 6 nitrogen and oxygen atoms in total.